The van der Waals surface area contributed by atoms with Crippen molar-refractivity contribution < 1.29 is 9.13 Å². The smallest absolute Gasteiger partial charge is 0.123 e. The summed E-state index contributed by atoms with van der Waals surface area (Å²) in [7, 11) is 0. The van der Waals surface area contributed by atoms with Crippen molar-refractivity contribution in [2.45, 2.75) is 43.9 Å². The average molecular weight is 247 g/mol. The molecule has 2 atom stereocenters. The summed E-state index contributed by atoms with van der Waals surface area (Å²) in [6, 6.07) is 0. The second-order valence-corrected chi connectivity index (χ2v) is 6.54. The minimum atomic E-state index is -1.22. The van der Waals surface area contributed by atoms with Crippen LogP contribution in [-0.4, -0.2) is 35.9 Å². The fourth-order valence-corrected chi connectivity index (χ4v) is 4.04. The van der Waals surface area contributed by atoms with Crippen molar-refractivity contribution in [1.29, 1.82) is 0 Å². The van der Waals surface area contributed by atoms with E-state index in [1.54, 1.807) is 6.92 Å². The van der Waals surface area contributed by atoms with Gasteiger partial charge in [0, 0.05) is 13.2 Å². The summed E-state index contributed by atoms with van der Waals surface area (Å²) >= 11 is 1.98. The number of ether oxygens (including phenoxy) is 1. The van der Waals surface area contributed by atoms with Crippen LogP contribution in [0.3, 0.4) is 0 Å². The summed E-state index contributed by atoms with van der Waals surface area (Å²) in [4.78, 5) is 0. The molecule has 0 aromatic rings. The molecule has 4 heteroatoms. The van der Waals surface area contributed by atoms with Gasteiger partial charge in [-0.25, -0.2) is 4.39 Å². The molecule has 0 aromatic heterocycles. The lowest BCUT2D eigenvalue weighted by Gasteiger charge is -2.46. The van der Waals surface area contributed by atoms with Crippen molar-refractivity contribution in [3.8, 4) is 0 Å². The highest BCUT2D eigenvalue weighted by molar-refractivity contribution is 7.99. The van der Waals surface area contributed by atoms with E-state index in [1.165, 1.54) is 0 Å². The van der Waals surface area contributed by atoms with Gasteiger partial charge >= 0.3 is 0 Å². The van der Waals surface area contributed by atoms with Crippen LogP contribution in [0.5, 0.6) is 0 Å². The lowest BCUT2D eigenvalue weighted by Crippen LogP contribution is -2.49. The molecule has 94 valence electrons. The average Bonchev–Trinajstić information content (AvgIpc) is 2.30. The van der Waals surface area contributed by atoms with Crippen LogP contribution in [0.2, 0.25) is 0 Å². The molecule has 0 amide bonds. The monoisotopic (exact) mass is 247 g/mol. The lowest BCUT2D eigenvalue weighted by molar-refractivity contribution is -0.124. The molecule has 0 bridgehead atoms. The maximum absolute atomic E-state index is 14.3. The van der Waals surface area contributed by atoms with Gasteiger partial charge in [-0.2, -0.15) is 11.8 Å². The summed E-state index contributed by atoms with van der Waals surface area (Å²) in [5, 5.41) is 0. The third-order valence-electron chi connectivity index (χ3n) is 4.15. The Kier molecular flexibility index (Phi) is 3.82. The van der Waals surface area contributed by atoms with Gasteiger partial charge in [0.05, 0.1) is 5.60 Å². The van der Waals surface area contributed by atoms with Crippen molar-refractivity contribution in [3.05, 3.63) is 0 Å². The van der Waals surface area contributed by atoms with Crippen LogP contribution in [-0.2, 0) is 4.74 Å². The highest BCUT2D eigenvalue weighted by Gasteiger charge is 2.44. The molecule has 2 nitrogen and oxygen atoms in total. The Bertz CT molecular complexity index is 236. The standard InChI is InChI=1S/C12H22FNOS/c1-11(13,9-14)10-2-5-15-12(8-10)3-6-16-7-4-12/h10H,2-9,14H2,1H3. The summed E-state index contributed by atoms with van der Waals surface area (Å²) in [5.74, 6) is 2.38. The molecule has 2 N–H and O–H groups in total. The molecule has 0 radical (unpaired) electrons. The van der Waals surface area contributed by atoms with E-state index in [2.05, 4.69) is 0 Å². The fourth-order valence-electron chi connectivity index (χ4n) is 2.80. The van der Waals surface area contributed by atoms with Gasteiger partial charge in [-0.3, -0.25) is 0 Å². The summed E-state index contributed by atoms with van der Waals surface area (Å²) in [6.45, 7) is 2.48. The zero-order valence-electron chi connectivity index (χ0n) is 10.0. The fraction of sp³-hybridized carbons (Fsp3) is 1.00. The van der Waals surface area contributed by atoms with E-state index in [4.69, 9.17) is 10.5 Å². The first kappa shape index (κ1) is 12.7. The molecular formula is C12H22FNOS. The minimum absolute atomic E-state index is 0.0311. The van der Waals surface area contributed by atoms with Crippen LogP contribution in [0, 0.1) is 5.92 Å². The van der Waals surface area contributed by atoms with Gasteiger partial charge in [-0.15, -0.1) is 0 Å². The van der Waals surface area contributed by atoms with Gasteiger partial charge in [0.25, 0.3) is 0 Å². The number of halogens is 1. The maximum atomic E-state index is 14.3. The highest BCUT2D eigenvalue weighted by atomic mass is 32.2. The highest BCUT2D eigenvalue weighted by Crippen LogP contribution is 2.43. The second-order valence-electron chi connectivity index (χ2n) is 5.32. The normalized spacial score (nSPS) is 33.6. The third kappa shape index (κ3) is 2.54. The summed E-state index contributed by atoms with van der Waals surface area (Å²) in [5.41, 5.74) is 4.28. The Balaban J connectivity index is 2.03. The molecule has 16 heavy (non-hydrogen) atoms. The van der Waals surface area contributed by atoms with Crippen molar-refractivity contribution in [3.63, 3.8) is 0 Å². The molecule has 2 rings (SSSR count). The SMILES string of the molecule is CC(F)(CN)C1CCOC2(CCSCC2)C1. The molecule has 2 heterocycles. The van der Waals surface area contributed by atoms with Gasteiger partial charge in [0.1, 0.15) is 5.67 Å². The molecular weight excluding hydrogens is 225 g/mol. The molecule has 2 aliphatic rings. The van der Waals surface area contributed by atoms with Crippen LogP contribution in [0.4, 0.5) is 4.39 Å². The van der Waals surface area contributed by atoms with Gasteiger partial charge in [-0.1, -0.05) is 0 Å². The second kappa shape index (κ2) is 4.83. The van der Waals surface area contributed by atoms with Crippen LogP contribution >= 0.6 is 11.8 Å². The van der Waals surface area contributed by atoms with E-state index in [0.717, 1.165) is 37.2 Å². The Hall–Kier alpha value is 0.200. The van der Waals surface area contributed by atoms with Crippen molar-refractivity contribution in [2.75, 3.05) is 24.7 Å². The molecule has 0 aliphatic carbocycles. The zero-order valence-corrected chi connectivity index (χ0v) is 10.8. The van der Waals surface area contributed by atoms with Gasteiger partial charge in [-0.05, 0) is 50.0 Å². The van der Waals surface area contributed by atoms with Crippen molar-refractivity contribution >= 4 is 11.8 Å². The van der Waals surface area contributed by atoms with Gasteiger partial charge in [0.2, 0.25) is 0 Å². The molecule has 2 fully saturated rings. The molecule has 2 saturated heterocycles. The Morgan fingerprint density at radius 2 is 2.19 bits per heavy atom. The summed E-state index contributed by atoms with van der Waals surface area (Å²) in [6.07, 6.45) is 3.83. The zero-order chi connectivity index (χ0) is 11.6. The number of thioether (sulfide) groups is 1. The Morgan fingerprint density at radius 3 is 2.81 bits per heavy atom. The van der Waals surface area contributed by atoms with Gasteiger partial charge in [0.15, 0.2) is 0 Å². The largest absolute Gasteiger partial charge is 0.375 e. The van der Waals surface area contributed by atoms with Crippen LogP contribution < -0.4 is 5.73 Å². The lowest BCUT2D eigenvalue weighted by atomic mass is 9.75. The number of nitrogens with two attached hydrogens (primary N) is 1. The predicted molar refractivity (Wildman–Crippen MR) is 66.5 cm³/mol. The van der Waals surface area contributed by atoms with Crippen LogP contribution in [0.1, 0.15) is 32.6 Å². The quantitative estimate of drug-likeness (QED) is 0.813. The van der Waals surface area contributed by atoms with E-state index in [0.29, 0.717) is 6.61 Å². The molecule has 2 unspecified atom stereocenters. The third-order valence-corrected chi connectivity index (χ3v) is 5.13. The number of hydrogen-bond donors (Lipinski definition) is 1. The van der Waals surface area contributed by atoms with Gasteiger partial charge < -0.3 is 10.5 Å². The van der Waals surface area contributed by atoms with Crippen molar-refractivity contribution in [1.82, 2.24) is 0 Å². The number of hydrogen-bond acceptors (Lipinski definition) is 3. The Labute approximate surface area is 101 Å². The molecule has 2 aliphatic heterocycles. The van der Waals surface area contributed by atoms with E-state index in [9.17, 15) is 4.39 Å². The van der Waals surface area contributed by atoms with Crippen LogP contribution in [0.15, 0.2) is 0 Å². The first-order chi connectivity index (χ1) is 7.58. The van der Waals surface area contributed by atoms with E-state index in [-0.39, 0.29) is 18.1 Å². The molecule has 1 spiro atoms. The van der Waals surface area contributed by atoms with E-state index < -0.39 is 5.67 Å². The van der Waals surface area contributed by atoms with Crippen LogP contribution in [0.25, 0.3) is 0 Å². The van der Waals surface area contributed by atoms with Crippen molar-refractivity contribution in [2.24, 2.45) is 11.7 Å². The first-order valence-electron chi connectivity index (χ1n) is 6.19. The summed E-state index contributed by atoms with van der Waals surface area (Å²) < 4.78 is 20.2. The van der Waals surface area contributed by atoms with E-state index in [1.807, 2.05) is 11.8 Å². The topological polar surface area (TPSA) is 35.2 Å². The number of alkyl halides is 1. The first-order valence-corrected chi connectivity index (χ1v) is 7.34. The minimum Gasteiger partial charge on any atom is -0.375 e. The number of rotatable bonds is 2. The maximum Gasteiger partial charge on any atom is 0.123 e. The Morgan fingerprint density at radius 1 is 1.50 bits per heavy atom. The molecule has 0 aromatic carbocycles. The molecule has 0 saturated carbocycles. The predicted octanol–water partition coefficient (Wildman–Crippen LogP) is 2.37. The van der Waals surface area contributed by atoms with E-state index >= 15 is 0 Å².